The predicted octanol–water partition coefficient (Wildman–Crippen LogP) is 3.50. The third-order valence-corrected chi connectivity index (χ3v) is 18.3. The first-order valence-corrected chi connectivity index (χ1v) is 30.1. The average molecular weight is 1220 g/mol. The van der Waals surface area contributed by atoms with Crippen molar-refractivity contribution in [3.05, 3.63) is 34.3 Å². The normalized spacial score (nSPS) is 27.8. The van der Waals surface area contributed by atoms with Crippen LogP contribution in [0.5, 0.6) is 0 Å². The summed E-state index contributed by atoms with van der Waals surface area (Å²) < 4.78 is 41.1. The van der Waals surface area contributed by atoms with E-state index < -0.39 is 155 Å². The molecule has 22 nitrogen and oxygen atoms in total. The molecular formula is C59H89ClF3N11O11. The van der Waals surface area contributed by atoms with Crippen LogP contribution in [-0.2, 0) is 65.3 Å². The van der Waals surface area contributed by atoms with Crippen molar-refractivity contribution in [1.29, 1.82) is 0 Å². The number of alkyl halides is 3. The topological polar surface area (TPSA) is 259 Å². The summed E-state index contributed by atoms with van der Waals surface area (Å²) in [6.45, 7) is 8.77. The van der Waals surface area contributed by atoms with Crippen molar-refractivity contribution < 1.29 is 65.9 Å². The third kappa shape index (κ3) is 16.7. The molecule has 0 aromatic heterocycles. The van der Waals surface area contributed by atoms with E-state index in [1.54, 1.807) is 20.8 Å². The average Bonchev–Trinajstić information content (AvgIpc) is 4.25. The third-order valence-electron chi connectivity index (χ3n) is 18.0. The Morgan fingerprint density at radius 3 is 1.85 bits per heavy atom. The van der Waals surface area contributed by atoms with Crippen LogP contribution in [0.15, 0.2) is 18.2 Å². The summed E-state index contributed by atoms with van der Waals surface area (Å²) in [5, 5.41) is 10.9. The highest BCUT2D eigenvalue weighted by Crippen LogP contribution is 2.37. The lowest BCUT2D eigenvalue weighted by Crippen LogP contribution is -2.64. The molecule has 1 aromatic carbocycles. The summed E-state index contributed by atoms with van der Waals surface area (Å²) in [5.74, 6) is -7.63. The number of aryl methyl sites for hydroxylation is 1. The lowest BCUT2D eigenvalue weighted by Gasteiger charge is -2.40. The summed E-state index contributed by atoms with van der Waals surface area (Å²) in [7, 11) is 8.37. The van der Waals surface area contributed by atoms with E-state index in [1.807, 2.05) is 6.92 Å². The number of carbonyl (C=O) groups excluding carboxylic acids is 11. The fourth-order valence-corrected chi connectivity index (χ4v) is 12.3. The number of halogens is 4. The Morgan fingerprint density at radius 2 is 1.26 bits per heavy atom. The first-order valence-electron chi connectivity index (χ1n) is 29.7. The minimum atomic E-state index is -4.74. The first kappa shape index (κ1) is 69.2. The Balaban J connectivity index is 1.52. The Morgan fingerprint density at radius 1 is 0.659 bits per heavy atom. The molecule has 2 saturated heterocycles. The number of nitrogens with one attached hydrogen (secondary N) is 4. The smallest absolute Gasteiger partial charge is 0.351 e. The second kappa shape index (κ2) is 29.7. The zero-order chi connectivity index (χ0) is 63.6. The van der Waals surface area contributed by atoms with E-state index in [-0.39, 0.29) is 57.4 Å². The fraction of sp³-hybridized carbons (Fsp3) is 0.712. The van der Waals surface area contributed by atoms with Crippen molar-refractivity contribution in [1.82, 2.24) is 55.6 Å². The fourth-order valence-electron chi connectivity index (χ4n) is 12.0. The van der Waals surface area contributed by atoms with Crippen LogP contribution in [0.2, 0.25) is 5.02 Å². The minimum Gasteiger partial charge on any atom is -0.351 e. The second-order valence-electron chi connectivity index (χ2n) is 23.9. The van der Waals surface area contributed by atoms with Gasteiger partial charge in [-0.15, -0.1) is 0 Å². The SMILES string of the molecule is CCC(C)[C@@H]1NC(=O)[C@H](C)N(C)C(=O)C[C@@H](C)NC(=O)[C@H](C2CCCC2)N(C)C(=O)C2(CCCC2)NC(=O)[C@@H]2CCCN2C(=O)[C@H](CCc2ccc(C(F)(F)F)c(Cl)c2)NC(=O)[C@@H](C)N(C)C(=O)[C@H](CC)N(C)C(=O)CN(C)C(=O)CN(C)C1=O. The number of likely N-dealkylation sites (N-methyl/N-ethyl adjacent to an activating group) is 6. The molecule has 5 rings (SSSR count). The molecule has 4 N–H and O–H groups in total. The van der Waals surface area contributed by atoms with E-state index in [0.29, 0.717) is 44.1 Å². The monoisotopic (exact) mass is 1220 g/mol. The second-order valence-corrected chi connectivity index (χ2v) is 24.4. The maximum atomic E-state index is 15.1. The summed E-state index contributed by atoms with van der Waals surface area (Å²) >= 11 is 6.08. The quantitative estimate of drug-likeness (QED) is 0.307. The van der Waals surface area contributed by atoms with E-state index in [2.05, 4.69) is 21.3 Å². The van der Waals surface area contributed by atoms with Crippen LogP contribution in [-0.4, -0.2) is 215 Å². The van der Waals surface area contributed by atoms with E-state index in [1.165, 1.54) is 76.9 Å². The largest absolute Gasteiger partial charge is 0.417 e. The van der Waals surface area contributed by atoms with Crippen LogP contribution in [0.3, 0.4) is 0 Å². The van der Waals surface area contributed by atoms with Crippen LogP contribution in [0.25, 0.3) is 0 Å². The Bertz CT molecular complexity index is 2650. The van der Waals surface area contributed by atoms with Crippen LogP contribution in [0.4, 0.5) is 13.2 Å². The predicted molar refractivity (Wildman–Crippen MR) is 309 cm³/mol. The first-order chi connectivity index (χ1) is 39.8. The maximum absolute atomic E-state index is 15.1. The maximum Gasteiger partial charge on any atom is 0.417 e. The van der Waals surface area contributed by atoms with Gasteiger partial charge in [0.2, 0.25) is 65.0 Å². The van der Waals surface area contributed by atoms with Gasteiger partial charge in [-0.25, -0.2) is 0 Å². The minimum absolute atomic E-state index is 0.0591. The molecule has 0 radical (unpaired) electrons. The van der Waals surface area contributed by atoms with Gasteiger partial charge in [0, 0.05) is 61.3 Å². The van der Waals surface area contributed by atoms with Gasteiger partial charge in [0.05, 0.1) is 23.7 Å². The summed E-state index contributed by atoms with van der Waals surface area (Å²) in [4.78, 5) is 166. The van der Waals surface area contributed by atoms with Gasteiger partial charge in [-0.05, 0) is 108 Å². The van der Waals surface area contributed by atoms with Crippen molar-refractivity contribution in [2.75, 3.05) is 61.9 Å². The number of nitrogens with zero attached hydrogens (tertiary/aromatic N) is 7. The van der Waals surface area contributed by atoms with Gasteiger partial charge in [0.1, 0.15) is 47.8 Å². The van der Waals surface area contributed by atoms with E-state index >= 15 is 4.79 Å². The van der Waals surface area contributed by atoms with Gasteiger partial charge in [-0.3, -0.25) is 52.7 Å². The zero-order valence-corrected chi connectivity index (χ0v) is 52.1. The Labute approximate surface area is 502 Å². The van der Waals surface area contributed by atoms with Gasteiger partial charge in [0.15, 0.2) is 0 Å². The van der Waals surface area contributed by atoms with Gasteiger partial charge in [-0.1, -0.05) is 70.5 Å². The highest BCUT2D eigenvalue weighted by molar-refractivity contribution is 6.31. The number of hydrogen-bond acceptors (Lipinski definition) is 11. The summed E-state index contributed by atoms with van der Waals surface area (Å²) in [6.07, 6.45) is 0.239. The van der Waals surface area contributed by atoms with Crippen molar-refractivity contribution >= 4 is 76.6 Å². The summed E-state index contributed by atoms with van der Waals surface area (Å²) in [5.41, 5.74) is -2.24. The van der Waals surface area contributed by atoms with E-state index in [9.17, 15) is 61.1 Å². The molecule has 474 valence electrons. The molecule has 85 heavy (non-hydrogen) atoms. The number of rotatable bonds is 7. The van der Waals surface area contributed by atoms with Crippen LogP contribution in [0, 0.1) is 11.8 Å². The van der Waals surface area contributed by atoms with Crippen molar-refractivity contribution in [2.45, 2.75) is 198 Å². The molecule has 9 atom stereocenters. The number of hydrogen-bond donors (Lipinski definition) is 4. The van der Waals surface area contributed by atoms with Gasteiger partial charge in [-0.2, -0.15) is 13.2 Å². The van der Waals surface area contributed by atoms with Gasteiger partial charge >= 0.3 is 6.18 Å². The Hall–Kier alpha value is -6.53. The molecule has 2 aliphatic heterocycles. The number of amides is 11. The van der Waals surface area contributed by atoms with Gasteiger partial charge in [0.25, 0.3) is 0 Å². The van der Waals surface area contributed by atoms with E-state index in [4.69, 9.17) is 11.6 Å². The molecule has 4 fully saturated rings. The molecule has 0 bridgehead atoms. The van der Waals surface area contributed by atoms with Gasteiger partial charge < -0.3 is 55.6 Å². The molecule has 2 heterocycles. The Kier molecular flexibility index (Phi) is 24.2. The van der Waals surface area contributed by atoms with Crippen molar-refractivity contribution in [3.63, 3.8) is 0 Å². The molecule has 2 aliphatic carbocycles. The number of carbonyl (C=O) groups is 11. The van der Waals surface area contributed by atoms with E-state index in [0.717, 1.165) is 44.6 Å². The van der Waals surface area contributed by atoms with Crippen LogP contribution in [0.1, 0.15) is 143 Å². The lowest BCUT2D eigenvalue weighted by molar-refractivity contribution is -0.150. The molecule has 4 aliphatic rings. The highest BCUT2D eigenvalue weighted by atomic mass is 35.5. The molecule has 1 unspecified atom stereocenters. The van der Waals surface area contributed by atoms with Crippen molar-refractivity contribution in [2.24, 2.45) is 11.8 Å². The number of fused-ring (bicyclic) bond motifs is 1. The molecule has 11 amide bonds. The molecule has 1 aromatic rings. The summed E-state index contributed by atoms with van der Waals surface area (Å²) in [6, 6.07) is -5.86. The molecule has 26 heteroatoms. The zero-order valence-electron chi connectivity index (χ0n) is 51.4. The molecule has 2 saturated carbocycles. The lowest BCUT2D eigenvalue weighted by atomic mass is 9.90. The van der Waals surface area contributed by atoms with Crippen LogP contribution >= 0.6 is 11.6 Å². The molecular weight excluding hydrogens is 1130 g/mol. The van der Waals surface area contributed by atoms with Crippen LogP contribution < -0.4 is 21.3 Å². The number of benzene rings is 1. The highest BCUT2D eigenvalue weighted by Gasteiger charge is 2.50. The van der Waals surface area contributed by atoms with Crippen molar-refractivity contribution in [3.8, 4) is 0 Å². The standard InChI is InChI=1S/C59H89ClF3N11O11/c1-13-34(3)48-56(84)69(8)32-46(76)68(7)33-47(77)72(11)43(14-2)55(83)71(10)37(6)50(78)65-42(26-24-38-23-25-40(41(60)31-38)59(61,62)63)54(82)74-29-19-22-44(74)52(80)67-58(27-17-18-28-58)57(85)73(12)49(39-20-15-16-21-39)53(81)64-35(4)30-45(75)70(9)36(5)51(79)66-48/h23,25,31,34-37,39,42-44,48-49H,13-22,24,26-30,32-33H2,1-12H3,(H,64,81)(H,65,78)(H,66,79)(H,67,80)/t34?,35-,36+,37-,42+,43+,44+,48+,49+/m1/s1. The molecule has 1 spiro atoms.